The number of hydrogen-bond acceptors (Lipinski definition) is 4. The van der Waals surface area contributed by atoms with Crippen molar-refractivity contribution in [3.8, 4) is 6.07 Å². The summed E-state index contributed by atoms with van der Waals surface area (Å²) in [5, 5.41) is 17.1. The Kier molecular flexibility index (Phi) is 4.76. The van der Waals surface area contributed by atoms with Crippen molar-refractivity contribution < 1.29 is 5.11 Å². The van der Waals surface area contributed by atoms with Crippen LogP contribution in [0.3, 0.4) is 0 Å². The summed E-state index contributed by atoms with van der Waals surface area (Å²) >= 11 is 0. The van der Waals surface area contributed by atoms with Crippen LogP contribution in [0.5, 0.6) is 0 Å². The zero-order valence-corrected chi connectivity index (χ0v) is 7.95. The van der Waals surface area contributed by atoms with Gasteiger partial charge in [0.1, 0.15) is 0 Å². The van der Waals surface area contributed by atoms with Crippen molar-refractivity contribution in [1.82, 2.24) is 9.80 Å². The molecule has 4 nitrogen and oxygen atoms in total. The van der Waals surface area contributed by atoms with E-state index in [1.807, 2.05) is 0 Å². The maximum absolute atomic E-state index is 8.65. The minimum absolute atomic E-state index is 0.276. The lowest BCUT2D eigenvalue weighted by Crippen LogP contribution is -2.46. The molecule has 0 bridgehead atoms. The fraction of sp³-hybridized carbons (Fsp3) is 0.889. The lowest BCUT2D eigenvalue weighted by atomic mass is 10.3. The Morgan fingerprint density at radius 3 is 2.31 bits per heavy atom. The van der Waals surface area contributed by atoms with Crippen LogP contribution in [0.1, 0.15) is 6.42 Å². The summed E-state index contributed by atoms with van der Waals surface area (Å²) in [6.45, 7) is 5.84. The number of nitriles is 1. The molecule has 1 saturated heterocycles. The molecular weight excluding hydrogens is 166 g/mol. The van der Waals surface area contributed by atoms with Gasteiger partial charge >= 0.3 is 0 Å². The van der Waals surface area contributed by atoms with E-state index in [4.69, 9.17) is 10.4 Å². The van der Waals surface area contributed by atoms with Crippen molar-refractivity contribution in [2.24, 2.45) is 0 Å². The van der Waals surface area contributed by atoms with E-state index in [2.05, 4.69) is 15.9 Å². The topological polar surface area (TPSA) is 50.5 Å². The smallest absolute Gasteiger partial charge is 0.0866 e. The van der Waals surface area contributed by atoms with E-state index >= 15 is 0 Å². The average Bonchev–Trinajstić information content (AvgIpc) is 2.17. The second-order valence-corrected chi connectivity index (χ2v) is 3.35. The van der Waals surface area contributed by atoms with Crippen molar-refractivity contribution in [1.29, 1.82) is 5.26 Å². The fourth-order valence-electron chi connectivity index (χ4n) is 1.57. The highest BCUT2D eigenvalue weighted by atomic mass is 16.3. The molecule has 1 N–H and O–H groups in total. The average molecular weight is 183 g/mol. The molecule has 0 radical (unpaired) electrons. The predicted molar refractivity (Wildman–Crippen MR) is 50.2 cm³/mol. The monoisotopic (exact) mass is 183 g/mol. The lowest BCUT2D eigenvalue weighted by molar-refractivity contribution is 0.134. The first-order valence-electron chi connectivity index (χ1n) is 4.79. The number of rotatable bonds is 4. The first-order valence-corrected chi connectivity index (χ1v) is 4.79. The third kappa shape index (κ3) is 3.73. The molecule has 1 heterocycles. The van der Waals surface area contributed by atoms with Gasteiger partial charge in [-0.05, 0) is 6.42 Å². The summed E-state index contributed by atoms with van der Waals surface area (Å²) in [5.41, 5.74) is 0. The summed E-state index contributed by atoms with van der Waals surface area (Å²) in [4.78, 5) is 4.50. The highest BCUT2D eigenvalue weighted by Gasteiger charge is 2.15. The van der Waals surface area contributed by atoms with Crippen LogP contribution in [0.4, 0.5) is 0 Å². The molecule has 0 aromatic rings. The number of piperazine rings is 1. The standard InChI is InChI=1S/C9H17N3O/c10-2-4-12-7-5-11(6-8-12)3-1-9-13/h13H,1,3-9H2. The number of hydrogen-bond donors (Lipinski definition) is 1. The summed E-state index contributed by atoms with van der Waals surface area (Å²) in [5.74, 6) is 0. The Morgan fingerprint density at radius 1 is 1.15 bits per heavy atom. The molecule has 0 aromatic heterocycles. The number of aliphatic hydroxyl groups excluding tert-OH is 1. The van der Waals surface area contributed by atoms with E-state index in [9.17, 15) is 0 Å². The molecule has 0 amide bonds. The Bertz CT molecular complexity index is 170. The molecule has 0 atom stereocenters. The van der Waals surface area contributed by atoms with Gasteiger partial charge in [0.2, 0.25) is 0 Å². The SMILES string of the molecule is N#CCN1CCN(CCCO)CC1. The van der Waals surface area contributed by atoms with Gasteiger partial charge in [-0.25, -0.2) is 0 Å². The fourth-order valence-corrected chi connectivity index (χ4v) is 1.57. The molecule has 0 aromatic carbocycles. The number of nitrogens with zero attached hydrogens (tertiary/aromatic N) is 3. The van der Waals surface area contributed by atoms with Gasteiger partial charge in [0.05, 0.1) is 12.6 Å². The Balaban J connectivity index is 2.12. The van der Waals surface area contributed by atoms with Gasteiger partial charge in [0.25, 0.3) is 0 Å². The summed E-state index contributed by atoms with van der Waals surface area (Å²) in [7, 11) is 0. The molecule has 0 spiro atoms. The first-order chi connectivity index (χ1) is 6.36. The third-order valence-electron chi connectivity index (χ3n) is 2.39. The van der Waals surface area contributed by atoms with E-state index in [0.717, 1.165) is 39.1 Å². The zero-order valence-electron chi connectivity index (χ0n) is 7.95. The molecule has 1 fully saturated rings. The highest BCUT2D eigenvalue weighted by molar-refractivity contribution is 4.80. The highest BCUT2D eigenvalue weighted by Crippen LogP contribution is 2.01. The van der Waals surface area contributed by atoms with Crippen LogP contribution in [0.2, 0.25) is 0 Å². The third-order valence-corrected chi connectivity index (χ3v) is 2.39. The van der Waals surface area contributed by atoms with Crippen LogP contribution < -0.4 is 0 Å². The van der Waals surface area contributed by atoms with Crippen LogP contribution in [0.25, 0.3) is 0 Å². The van der Waals surface area contributed by atoms with Crippen LogP contribution in [-0.2, 0) is 0 Å². The number of aliphatic hydroxyl groups is 1. The maximum atomic E-state index is 8.65. The second-order valence-electron chi connectivity index (χ2n) is 3.35. The van der Waals surface area contributed by atoms with Gasteiger partial charge in [-0.2, -0.15) is 5.26 Å². The molecule has 0 saturated carbocycles. The lowest BCUT2D eigenvalue weighted by Gasteiger charge is -2.33. The van der Waals surface area contributed by atoms with Gasteiger partial charge in [-0.3, -0.25) is 4.90 Å². The summed E-state index contributed by atoms with van der Waals surface area (Å²) in [6, 6.07) is 2.16. The molecule has 4 heteroatoms. The minimum atomic E-state index is 0.276. The maximum Gasteiger partial charge on any atom is 0.0866 e. The summed E-state index contributed by atoms with van der Waals surface area (Å²) < 4.78 is 0. The largest absolute Gasteiger partial charge is 0.396 e. The van der Waals surface area contributed by atoms with Crippen molar-refractivity contribution in [2.75, 3.05) is 45.9 Å². The van der Waals surface area contributed by atoms with Crippen molar-refractivity contribution in [3.63, 3.8) is 0 Å². The van der Waals surface area contributed by atoms with Crippen LogP contribution in [0.15, 0.2) is 0 Å². The van der Waals surface area contributed by atoms with Gasteiger partial charge in [-0.15, -0.1) is 0 Å². The van der Waals surface area contributed by atoms with E-state index < -0.39 is 0 Å². The van der Waals surface area contributed by atoms with Crippen molar-refractivity contribution in [2.45, 2.75) is 6.42 Å². The molecule has 74 valence electrons. The van der Waals surface area contributed by atoms with Crippen LogP contribution in [-0.4, -0.2) is 60.8 Å². The van der Waals surface area contributed by atoms with E-state index in [0.29, 0.717) is 6.54 Å². The Labute approximate surface area is 79.4 Å². The van der Waals surface area contributed by atoms with Gasteiger partial charge in [0, 0.05) is 39.3 Å². The van der Waals surface area contributed by atoms with Crippen molar-refractivity contribution >= 4 is 0 Å². The quantitative estimate of drug-likeness (QED) is 0.598. The zero-order chi connectivity index (χ0) is 9.52. The molecule has 13 heavy (non-hydrogen) atoms. The van der Waals surface area contributed by atoms with Gasteiger partial charge in [-0.1, -0.05) is 0 Å². The first kappa shape index (κ1) is 10.5. The van der Waals surface area contributed by atoms with Gasteiger partial charge < -0.3 is 10.0 Å². The Morgan fingerprint density at radius 2 is 1.77 bits per heavy atom. The van der Waals surface area contributed by atoms with Crippen molar-refractivity contribution in [3.05, 3.63) is 0 Å². The molecule has 1 aliphatic heterocycles. The second kappa shape index (κ2) is 5.92. The molecule has 1 rings (SSSR count). The van der Waals surface area contributed by atoms with Gasteiger partial charge in [0.15, 0.2) is 0 Å². The summed E-state index contributed by atoms with van der Waals surface area (Å²) in [6.07, 6.45) is 0.859. The molecule has 0 unspecified atom stereocenters. The predicted octanol–water partition coefficient (Wildman–Crippen LogP) is -0.490. The molecule has 0 aliphatic carbocycles. The normalized spacial score (nSPS) is 20.0. The minimum Gasteiger partial charge on any atom is -0.396 e. The molecular formula is C9H17N3O. The van der Waals surface area contributed by atoms with Crippen LogP contribution in [0, 0.1) is 11.3 Å². The van der Waals surface area contributed by atoms with Crippen LogP contribution >= 0.6 is 0 Å². The molecule has 1 aliphatic rings. The van der Waals surface area contributed by atoms with E-state index in [-0.39, 0.29) is 6.61 Å². The Hall–Kier alpha value is -0.630. The van der Waals surface area contributed by atoms with E-state index in [1.54, 1.807) is 0 Å². The van der Waals surface area contributed by atoms with E-state index in [1.165, 1.54) is 0 Å².